The minimum Gasteiger partial charge on any atom is -0.445 e. The molecule has 1 unspecified atom stereocenters. The van der Waals surface area contributed by atoms with E-state index in [1.165, 1.54) is 25.0 Å². The molecule has 0 N–H and O–H groups in total. The van der Waals surface area contributed by atoms with Gasteiger partial charge in [-0.15, -0.1) is 0 Å². The fourth-order valence-corrected chi connectivity index (χ4v) is 4.07. The van der Waals surface area contributed by atoms with E-state index in [2.05, 4.69) is 5.10 Å². The summed E-state index contributed by atoms with van der Waals surface area (Å²) in [4.78, 5) is 19.6. The Morgan fingerprint density at radius 3 is 3.00 bits per heavy atom. The maximum Gasteiger partial charge on any atom is 0.226 e. The van der Waals surface area contributed by atoms with Crippen LogP contribution in [0.25, 0.3) is 0 Å². The first-order chi connectivity index (χ1) is 11.8. The number of aryl methyl sites for hydroxylation is 1. The van der Waals surface area contributed by atoms with Crippen molar-refractivity contribution in [1.82, 2.24) is 19.7 Å². The van der Waals surface area contributed by atoms with Crippen molar-refractivity contribution in [3.05, 3.63) is 35.3 Å². The van der Waals surface area contributed by atoms with Crippen LogP contribution in [0.2, 0.25) is 0 Å². The lowest BCUT2D eigenvalue weighted by molar-refractivity contribution is -0.137. The van der Waals surface area contributed by atoms with Gasteiger partial charge in [0.25, 0.3) is 0 Å². The van der Waals surface area contributed by atoms with Gasteiger partial charge in [0, 0.05) is 49.7 Å². The molecule has 1 fully saturated rings. The first-order valence-electron chi connectivity index (χ1n) is 9.06. The Labute approximate surface area is 140 Å². The summed E-state index contributed by atoms with van der Waals surface area (Å²) in [6, 6.07) is 2.02. The number of hydrogen-bond donors (Lipinski definition) is 0. The zero-order valence-electron chi connectivity index (χ0n) is 13.8. The van der Waals surface area contributed by atoms with E-state index in [-0.39, 0.29) is 11.8 Å². The third-order valence-electron chi connectivity index (χ3n) is 5.81. The topological polar surface area (TPSA) is 64.2 Å². The number of oxazole rings is 1. The summed E-state index contributed by atoms with van der Waals surface area (Å²) in [7, 11) is 0. The summed E-state index contributed by atoms with van der Waals surface area (Å²) in [5.41, 5.74) is 2.16. The van der Waals surface area contributed by atoms with Gasteiger partial charge in [-0.05, 0) is 25.3 Å². The quantitative estimate of drug-likeness (QED) is 0.849. The summed E-state index contributed by atoms with van der Waals surface area (Å²) in [5.74, 6) is 2.76. The molecule has 1 atom stereocenters. The molecule has 6 heteroatoms. The molecular formula is C18H22N4O2. The van der Waals surface area contributed by atoms with Crippen LogP contribution in [0, 0.1) is 5.92 Å². The second-order valence-electron chi connectivity index (χ2n) is 7.30. The number of nitrogens with zero attached hydrogens (tertiary/aromatic N) is 4. The van der Waals surface area contributed by atoms with Crippen molar-refractivity contribution in [2.24, 2.45) is 5.92 Å². The van der Waals surface area contributed by atoms with Crippen molar-refractivity contribution >= 4 is 5.91 Å². The number of fused-ring (bicyclic) bond motifs is 2. The third kappa shape index (κ3) is 2.27. The smallest absolute Gasteiger partial charge is 0.226 e. The van der Waals surface area contributed by atoms with E-state index >= 15 is 0 Å². The SMILES string of the molecule is O=C(C1CCn2nccc2C1)N1CCc2oc(C3CCC3)nc2C1. The molecule has 24 heavy (non-hydrogen) atoms. The maximum absolute atomic E-state index is 12.9. The van der Waals surface area contributed by atoms with Crippen LogP contribution in [0.5, 0.6) is 0 Å². The molecule has 0 radical (unpaired) electrons. The van der Waals surface area contributed by atoms with Gasteiger partial charge in [0.05, 0.1) is 6.54 Å². The van der Waals surface area contributed by atoms with Crippen LogP contribution in [0.1, 0.15) is 54.6 Å². The first-order valence-corrected chi connectivity index (χ1v) is 9.06. The fourth-order valence-electron chi connectivity index (χ4n) is 4.07. The highest BCUT2D eigenvalue weighted by Gasteiger charge is 2.33. The Bertz CT molecular complexity index is 774. The van der Waals surface area contributed by atoms with Gasteiger partial charge in [0.15, 0.2) is 5.89 Å². The van der Waals surface area contributed by atoms with E-state index in [9.17, 15) is 4.79 Å². The van der Waals surface area contributed by atoms with Gasteiger partial charge in [-0.2, -0.15) is 5.10 Å². The van der Waals surface area contributed by atoms with E-state index < -0.39 is 0 Å². The van der Waals surface area contributed by atoms with Gasteiger partial charge >= 0.3 is 0 Å². The largest absolute Gasteiger partial charge is 0.445 e. The monoisotopic (exact) mass is 326 g/mol. The molecule has 3 aliphatic rings. The minimum absolute atomic E-state index is 0.0775. The standard InChI is InChI=1S/C18H22N4O2/c23-18(13-5-9-22-14(10-13)4-7-19-22)21-8-6-16-15(11-21)20-17(24-16)12-2-1-3-12/h4,7,12-13H,1-3,5-6,8-11H2. The molecule has 1 amide bonds. The van der Waals surface area contributed by atoms with E-state index in [0.717, 1.165) is 49.7 Å². The van der Waals surface area contributed by atoms with Crippen LogP contribution in [0.15, 0.2) is 16.7 Å². The second kappa shape index (κ2) is 5.46. The number of amides is 1. The maximum atomic E-state index is 12.9. The lowest BCUT2D eigenvalue weighted by atomic mass is 9.85. The highest BCUT2D eigenvalue weighted by atomic mass is 16.4. The molecule has 1 aliphatic carbocycles. The number of hydrogen-bond acceptors (Lipinski definition) is 4. The number of carbonyl (C=O) groups is 1. The van der Waals surface area contributed by atoms with Crippen LogP contribution in [0.4, 0.5) is 0 Å². The van der Waals surface area contributed by atoms with E-state index in [0.29, 0.717) is 12.5 Å². The molecule has 5 rings (SSSR count). The Kier molecular flexibility index (Phi) is 3.24. The van der Waals surface area contributed by atoms with Gasteiger partial charge in [0.1, 0.15) is 11.5 Å². The Morgan fingerprint density at radius 1 is 1.25 bits per heavy atom. The highest BCUT2D eigenvalue weighted by Crippen LogP contribution is 2.37. The third-order valence-corrected chi connectivity index (χ3v) is 5.81. The molecule has 1 saturated carbocycles. The highest BCUT2D eigenvalue weighted by molar-refractivity contribution is 5.79. The number of carbonyl (C=O) groups excluding carboxylic acids is 1. The lowest BCUT2D eigenvalue weighted by Crippen LogP contribution is -2.41. The van der Waals surface area contributed by atoms with Gasteiger partial charge in [0.2, 0.25) is 5.91 Å². The van der Waals surface area contributed by atoms with Crippen LogP contribution >= 0.6 is 0 Å². The zero-order valence-corrected chi connectivity index (χ0v) is 13.8. The van der Waals surface area contributed by atoms with Crippen molar-refractivity contribution in [1.29, 1.82) is 0 Å². The molecule has 0 spiro atoms. The van der Waals surface area contributed by atoms with Crippen LogP contribution < -0.4 is 0 Å². The molecule has 2 aromatic rings. The van der Waals surface area contributed by atoms with Gasteiger partial charge in [-0.25, -0.2) is 4.98 Å². The van der Waals surface area contributed by atoms with E-state index in [1.54, 1.807) is 0 Å². The van der Waals surface area contributed by atoms with Crippen LogP contribution in [-0.2, 0) is 30.7 Å². The Balaban J connectivity index is 1.30. The van der Waals surface area contributed by atoms with Crippen molar-refractivity contribution in [2.75, 3.05) is 6.54 Å². The average molecular weight is 326 g/mol. The van der Waals surface area contributed by atoms with Gasteiger partial charge in [-0.3, -0.25) is 9.48 Å². The normalized spacial score (nSPS) is 23.5. The van der Waals surface area contributed by atoms with Crippen LogP contribution in [-0.4, -0.2) is 32.1 Å². The summed E-state index contributed by atoms with van der Waals surface area (Å²) in [5, 5.41) is 4.29. The predicted octanol–water partition coefficient (Wildman–Crippen LogP) is 2.29. The Morgan fingerprint density at radius 2 is 2.17 bits per heavy atom. The summed E-state index contributed by atoms with van der Waals surface area (Å²) < 4.78 is 7.97. The van der Waals surface area contributed by atoms with Gasteiger partial charge in [-0.1, -0.05) is 6.42 Å². The molecule has 126 valence electrons. The minimum atomic E-state index is 0.0775. The van der Waals surface area contributed by atoms with Gasteiger partial charge < -0.3 is 9.32 Å². The molecule has 0 saturated heterocycles. The average Bonchev–Trinajstić information content (AvgIpc) is 3.17. The first kappa shape index (κ1) is 14.3. The summed E-state index contributed by atoms with van der Waals surface area (Å²) in [6.07, 6.45) is 7.96. The Hall–Kier alpha value is -2.11. The molecule has 4 heterocycles. The summed E-state index contributed by atoms with van der Waals surface area (Å²) in [6.45, 7) is 2.20. The lowest BCUT2D eigenvalue weighted by Gasteiger charge is -2.31. The second-order valence-corrected chi connectivity index (χ2v) is 7.30. The van der Waals surface area contributed by atoms with E-state index in [4.69, 9.17) is 9.40 Å². The van der Waals surface area contributed by atoms with Crippen molar-refractivity contribution in [3.63, 3.8) is 0 Å². The van der Waals surface area contributed by atoms with E-state index in [1.807, 2.05) is 21.8 Å². The molecule has 0 bridgehead atoms. The fraction of sp³-hybridized carbons (Fsp3) is 0.611. The zero-order chi connectivity index (χ0) is 16.1. The molecule has 2 aliphatic heterocycles. The molecule has 2 aromatic heterocycles. The van der Waals surface area contributed by atoms with Crippen molar-refractivity contribution < 1.29 is 9.21 Å². The molecule has 0 aromatic carbocycles. The van der Waals surface area contributed by atoms with Crippen molar-refractivity contribution in [2.45, 2.75) is 57.5 Å². The number of rotatable bonds is 2. The molecule has 6 nitrogen and oxygen atoms in total. The van der Waals surface area contributed by atoms with Crippen LogP contribution in [0.3, 0.4) is 0 Å². The van der Waals surface area contributed by atoms with Crippen molar-refractivity contribution in [3.8, 4) is 0 Å². The summed E-state index contributed by atoms with van der Waals surface area (Å²) >= 11 is 0. The number of aromatic nitrogens is 3. The predicted molar refractivity (Wildman–Crippen MR) is 86.3 cm³/mol. The molecular weight excluding hydrogens is 304 g/mol.